The molecule has 3 fully saturated rings. The van der Waals surface area contributed by atoms with Crippen molar-refractivity contribution < 1.29 is 21.6 Å². The van der Waals surface area contributed by atoms with Crippen LogP contribution in [0, 0.1) is 0 Å². The Morgan fingerprint density at radius 3 is 2.10 bits per heavy atom. The highest BCUT2D eigenvalue weighted by Gasteiger charge is 2.34. The zero-order valence-electron chi connectivity index (χ0n) is 16.4. The summed E-state index contributed by atoms with van der Waals surface area (Å²) in [5.41, 5.74) is 0.474. The number of rotatable bonds is 4. The summed E-state index contributed by atoms with van der Waals surface area (Å²) in [5.74, 6) is 0.353. The molecule has 0 unspecified atom stereocenters. The predicted octanol–water partition coefficient (Wildman–Crippen LogP) is 0.416. The van der Waals surface area contributed by atoms with Gasteiger partial charge >= 0.3 is 0 Å². The molecule has 0 saturated carbocycles. The van der Waals surface area contributed by atoms with E-state index < -0.39 is 19.9 Å². The lowest BCUT2D eigenvalue weighted by molar-refractivity contribution is 0.0587. The van der Waals surface area contributed by atoms with Crippen LogP contribution in [0.1, 0.15) is 29.6 Å². The highest BCUT2D eigenvalue weighted by molar-refractivity contribution is 7.91. The fourth-order valence-electron chi connectivity index (χ4n) is 4.38. The lowest BCUT2D eigenvalue weighted by Crippen LogP contribution is -2.52. The minimum Gasteiger partial charge on any atom is -0.336 e. The molecule has 0 aromatic heterocycles. The molecule has 0 N–H and O–H groups in total. The molecule has 1 aromatic rings. The van der Waals surface area contributed by atoms with E-state index in [4.69, 9.17) is 0 Å². The number of nitrogens with zero attached hydrogens (tertiary/aromatic N) is 3. The molecule has 10 heteroatoms. The van der Waals surface area contributed by atoms with Crippen LogP contribution in [0.15, 0.2) is 29.2 Å². The second kappa shape index (κ2) is 7.98. The number of piperazine rings is 1. The van der Waals surface area contributed by atoms with Gasteiger partial charge in [-0.3, -0.25) is 9.69 Å². The summed E-state index contributed by atoms with van der Waals surface area (Å²) in [6.45, 7) is 3.51. The Kier molecular flexibility index (Phi) is 5.71. The minimum absolute atomic E-state index is 0.0623. The quantitative estimate of drug-likeness (QED) is 0.672. The summed E-state index contributed by atoms with van der Waals surface area (Å²) in [5, 5.41) is 0. The largest absolute Gasteiger partial charge is 0.336 e. The fraction of sp³-hybridized carbons (Fsp3) is 0.632. The number of sulfone groups is 1. The van der Waals surface area contributed by atoms with Gasteiger partial charge in [0.15, 0.2) is 9.84 Å². The summed E-state index contributed by atoms with van der Waals surface area (Å²) >= 11 is 0. The Balaban J connectivity index is 1.37. The molecule has 29 heavy (non-hydrogen) atoms. The molecule has 3 heterocycles. The summed E-state index contributed by atoms with van der Waals surface area (Å²) in [7, 11) is -6.39. The number of hydrogen-bond donors (Lipinski definition) is 0. The highest BCUT2D eigenvalue weighted by Crippen LogP contribution is 2.23. The maximum atomic E-state index is 12.8. The maximum Gasteiger partial charge on any atom is 0.253 e. The summed E-state index contributed by atoms with van der Waals surface area (Å²) in [6, 6.07) is 6.26. The molecule has 4 rings (SSSR count). The zero-order valence-corrected chi connectivity index (χ0v) is 18.0. The van der Waals surface area contributed by atoms with Gasteiger partial charge in [-0.2, -0.15) is 4.31 Å². The van der Waals surface area contributed by atoms with Gasteiger partial charge in [0.25, 0.3) is 5.91 Å². The molecule has 0 spiro atoms. The summed E-state index contributed by atoms with van der Waals surface area (Å²) < 4.78 is 50.1. The van der Waals surface area contributed by atoms with Crippen molar-refractivity contribution in [1.82, 2.24) is 14.1 Å². The molecule has 0 aliphatic carbocycles. The Hall–Kier alpha value is -1.49. The molecule has 3 aliphatic rings. The normalized spacial score (nSPS) is 26.1. The Labute approximate surface area is 172 Å². The van der Waals surface area contributed by atoms with Crippen LogP contribution in [0.25, 0.3) is 0 Å². The molecule has 1 amide bonds. The van der Waals surface area contributed by atoms with Gasteiger partial charge in [-0.25, -0.2) is 16.8 Å². The third-order valence-electron chi connectivity index (χ3n) is 6.13. The van der Waals surface area contributed by atoms with Crippen molar-refractivity contribution >= 4 is 25.8 Å². The van der Waals surface area contributed by atoms with E-state index >= 15 is 0 Å². The lowest BCUT2D eigenvalue weighted by Gasteiger charge is -2.37. The molecular formula is C19H27N3O5S2. The maximum absolute atomic E-state index is 12.8. The van der Waals surface area contributed by atoms with E-state index in [2.05, 4.69) is 4.90 Å². The number of sulfonamides is 1. The standard InChI is InChI=1S/C19H27N3O5S2/c23-19(21-12-10-20(11-13-21)17-7-14-28(24,25)15-17)16-3-5-18(6-4-16)29(26,27)22-8-1-2-9-22/h3-6,17H,1-2,7-15H2/t17-/m1/s1. The number of carbonyl (C=O) groups excluding carboxylic acids is 1. The first-order chi connectivity index (χ1) is 13.8. The average Bonchev–Trinajstić information content (AvgIpc) is 3.38. The molecule has 8 nitrogen and oxygen atoms in total. The molecule has 160 valence electrons. The van der Waals surface area contributed by atoms with Crippen LogP contribution in [-0.4, -0.2) is 93.7 Å². The van der Waals surface area contributed by atoms with Crippen molar-refractivity contribution in [3.63, 3.8) is 0 Å². The molecular weight excluding hydrogens is 414 g/mol. The molecule has 0 bridgehead atoms. The molecule has 3 aliphatic heterocycles. The average molecular weight is 442 g/mol. The van der Waals surface area contributed by atoms with Crippen LogP contribution in [0.3, 0.4) is 0 Å². The molecule has 1 atom stereocenters. The van der Waals surface area contributed by atoms with Crippen molar-refractivity contribution in [3.8, 4) is 0 Å². The van der Waals surface area contributed by atoms with E-state index in [1.54, 1.807) is 17.0 Å². The van der Waals surface area contributed by atoms with Crippen LogP contribution in [-0.2, 0) is 19.9 Å². The minimum atomic E-state index is -3.48. The lowest BCUT2D eigenvalue weighted by atomic mass is 10.1. The van der Waals surface area contributed by atoms with Gasteiger partial charge in [0.05, 0.1) is 16.4 Å². The first kappa shape index (κ1) is 20.8. The van der Waals surface area contributed by atoms with Crippen LogP contribution >= 0.6 is 0 Å². The zero-order chi connectivity index (χ0) is 20.6. The summed E-state index contributed by atoms with van der Waals surface area (Å²) in [6.07, 6.45) is 2.44. The first-order valence-electron chi connectivity index (χ1n) is 10.1. The van der Waals surface area contributed by atoms with Gasteiger partial charge in [-0.05, 0) is 43.5 Å². The van der Waals surface area contributed by atoms with Crippen LogP contribution < -0.4 is 0 Å². The monoisotopic (exact) mass is 441 g/mol. The van der Waals surface area contributed by atoms with E-state index in [9.17, 15) is 21.6 Å². The summed E-state index contributed by atoms with van der Waals surface area (Å²) in [4.78, 5) is 16.9. The Morgan fingerprint density at radius 1 is 0.931 bits per heavy atom. The number of amides is 1. The fourth-order valence-corrected chi connectivity index (χ4v) is 7.66. The first-order valence-corrected chi connectivity index (χ1v) is 13.4. The van der Waals surface area contributed by atoms with Crippen LogP contribution in [0.4, 0.5) is 0 Å². The van der Waals surface area contributed by atoms with Crippen LogP contribution in [0.2, 0.25) is 0 Å². The SMILES string of the molecule is O=C(c1ccc(S(=O)(=O)N2CCCC2)cc1)N1CCN([C@@H]2CCS(=O)(=O)C2)CC1. The molecule has 3 saturated heterocycles. The predicted molar refractivity (Wildman–Crippen MR) is 109 cm³/mol. The van der Waals surface area contributed by atoms with E-state index in [0.717, 1.165) is 12.8 Å². The van der Waals surface area contributed by atoms with Crippen molar-refractivity contribution in [2.75, 3.05) is 50.8 Å². The topological polar surface area (TPSA) is 95.1 Å². The van der Waals surface area contributed by atoms with Gasteiger partial charge in [-0.15, -0.1) is 0 Å². The Bertz CT molecular complexity index is 962. The number of hydrogen-bond acceptors (Lipinski definition) is 6. The van der Waals surface area contributed by atoms with Gasteiger partial charge in [0.2, 0.25) is 10.0 Å². The van der Waals surface area contributed by atoms with Crippen molar-refractivity contribution in [1.29, 1.82) is 0 Å². The van der Waals surface area contributed by atoms with Crippen LogP contribution in [0.5, 0.6) is 0 Å². The van der Waals surface area contributed by atoms with Gasteiger partial charge in [0.1, 0.15) is 0 Å². The third kappa shape index (κ3) is 4.35. The van der Waals surface area contributed by atoms with E-state index in [1.165, 1.54) is 16.4 Å². The smallest absolute Gasteiger partial charge is 0.253 e. The van der Waals surface area contributed by atoms with Gasteiger partial charge in [-0.1, -0.05) is 0 Å². The second-order valence-corrected chi connectivity index (χ2v) is 12.2. The highest BCUT2D eigenvalue weighted by atomic mass is 32.2. The van der Waals surface area contributed by atoms with Crippen molar-refractivity contribution in [2.24, 2.45) is 0 Å². The van der Waals surface area contributed by atoms with Gasteiger partial charge in [0, 0.05) is 50.9 Å². The van der Waals surface area contributed by atoms with E-state index in [1.807, 2.05) is 0 Å². The molecule has 0 radical (unpaired) electrons. The number of carbonyl (C=O) groups is 1. The van der Waals surface area contributed by atoms with E-state index in [0.29, 0.717) is 51.3 Å². The van der Waals surface area contributed by atoms with E-state index in [-0.39, 0.29) is 28.4 Å². The number of benzene rings is 1. The Morgan fingerprint density at radius 2 is 1.55 bits per heavy atom. The van der Waals surface area contributed by atoms with Gasteiger partial charge < -0.3 is 4.90 Å². The third-order valence-corrected chi connectivity index (χ3v) is 9.79. The van der Waals surface area contributed by atoms with Crippen molar-refractivity contribution in [2.45, 2.75) is 30.2 Å². The molecule has 1 aromatic carbocycles. The second-order valence-electron chi connectivity index (χ2n) is 8.02. The van der Waals surface area contributed by atoms with Crippen molar-refractivity contribution in [3.05, 3.63) is 29.8 Å².